The lowest BCUT2D eigenvalue weighted by atomic mass is 10.1. The van der Waals surface area contributed by atoms with Gasteiger partial charge in [0.1, 0.15) is 35.4 Å². The Labute approximate surface area is 186 Å². The van der Waals surface area contributed by atoms with E-state index < -0.39 is 18.4 Å². The van der Waals surface area contributed by atoms with Gasteiger partial charge >= 0.3 is 5.97 Å². The number of amides is 1. The molecule has 1 aromatic heterocycles. The van der Waals surface area contributed by atoms with Gasteiger partial charge in [0.15, 0.2) is 11.4 Å². The van der Waals surface area contributed by atoms with Gasteiger partial charge in [-0.3, -0.25) is 9.59 Å². The third kappa shape index (κ3) is 5.16. The van der Waals surface area contributed by atoms with E-state index in [2.05, 4.69) is 10.3 Å². The molecule has 0 saturated carbocycles. The number of carboxylic acid groups (broad SMARTS) is 1. The lowest BCUT2D eigenvalue weighted by molar-refractivity contribution is -0.135. The Balaban J connectivity index is 1.51. The monoisotopic (exact) mass is 448 g/mol. The first-order chi connectivity index (χ1) is 15.9. The van der Waals surface area contributed by atoms with Crippen LogP contribution in [0.3, 0.4) is 0 Å². The van der Waals surface area contributed by atoms with Crippen LogP contribution < -0.4 is 14.8 Å². The van der Waals surface area contributed by atoms with Crippen molar-refractivity contribution in [1.29, 1.82) is 0 Å². The number of nitrogens with zero attached hydrogens (tertiary/aromatic N) is 1. The van der Waals surface area contributed by atoms with Crippen LogP contribution in [-0.2, 0) is 4.79 Å². The Hall–Kier alpha value is -4.66. The lowest BCUT2D eigenvalue weighted by Crippen LogP contribution is -2.29. The van der Waals surface area contributed by atoms with Crippen LogP contribution in [0.25, 0.3) is 10.8 Å². The molecule has 0 aliphatic heterocycles. The molecule has 0 unspecified atom stereocenters. The van der Waals surface area contributed by atoms with Crippen LogP contribution in [0.15, 0.2) is 72.9 Å². The number of carbonyl (C=O) groups is 2. The van der Waals surface area contributed by atoms with Gasteiger partial charge in [0.25, 0.3) is 5.91 Å². The minimum atomic E-state index is -1.21. The van der Waals surface area contributed by atoms with Crippen molar-refractivity contribution in [2.75, 3.05) is 6.54 Å². The lowest BCUT2D eigenvalue weighted by Gasteiger charge is -2.11. The Morgan fingerprint density at radius 3 is 2.03 bits per heavy atom. The second-order valence-electron chi connectivity index (χ2n) is 6.91. The predicted molar refractivity (Wildman–Crippen MR) is 116 cm³/mol. The molecule has 1 amide bonds. The molecule has 0 atom stereocenters. The summed E-state index contributed by atoms with van der Waals surface area (Å²) in [5.74, 6) is -0.838. The number of hydrogen-bond donors (Lipinski definition) is 3. The number of aromatic nitrogens is 1. The molecule has 3 N–H and O–H groups in total. The normalized spacial score (nSPS) is 10.6. The van der Waals surface area contributed by atoms with Gasteiger partial charge in [0, 0.05) is 17.0 Å². The molecule has 0 bridgehead atoms. The topological polar surface area (TPSA) is 118 Å². The highest BCUT2D eigenvalue weighted by Crippen LogP contribution is 2.33. The molecule has 4 rings (SSSR count). The van der Waals surface area contributed by atoms with E-state index in [4.69, 9.17) is 14.6 Å². The summed E-state index contributed by atoms with van der Waals surface area (Å²) in [6.07, 6.45) is 1.40. The van der Waals surface area contributed by atoms with Crippen molar-refractivity contribution < 1.29 is 33.7 Å². The number of rotatable bonds is 7. The number of pyridine rings is 1. The van der Waals surface area contributed by atoms with Crippen LogP contribution in [0.4, 0.5) is 4.39 Å². The van der Waals surface area contributed by atoms with Crippen LogP contribution in [0.2, 0.25) is 0 Å². The van der Waals surface area contributed by atoms with Crippen LogP contribution in [0.1, 0.15) is 10.5 Å². The van der Waals surface area contributed by atoms with Gasteiger partial charge in [-0.1, -0.05) is 0 Å². The van der Waals surface area contributed by atoms with Crippen molar-refractivity contribution in [3.63, 3.8) is 0 Å². The van der Waals surface area contributed by atoms with Gasteiger partial charge in [-0.2, -0.15) is 0 Å². The molecule has 9 heteroatoms. The standard InChI is InChI=1S/C24H17FN2O6/c25-15-2-5-16(6-3-15)32-17-7-9-18(10-8-17)33-19-4-1-14-12-26-22(23(30)20(14)11-19)24(31)27-13-21(28)29/h1-12,30H,13H2,(H,27,31)(H,28,29). The van der Waals surface area contributed by atoms with E-state index in [9.17, 15) is 19.1 Å². The van der Waals surface area contributed by atoms with Crippen molar-refractivity contribution in [1.82, 2.24) is 10.3 Å². The molecular weight excluding hydrogens is 431 g/mol. The molecule has 33 heavy (non-hydrogen) atoms. The van der Waals surface area contributed by atoms with Crippen LogP contribution in [0, 0.1) is 5.82 Å². The Bertz CT molecular complexity index is 1320. The third-order valence-corrected chi connectivity index (χ3v) is 4.56. The van der Waals surface area contributed by atoms with Gasteiger partial charge in [-0.15, -0.1) is 0 Å². The van der Waals surface area contributed by atoms with Gasteiger partial charge in [0.05, 0.1) is 0 Å². The van der Waals surface area contributed by atoms with Crippen molar-refractivity contribution >= 4 is 22.6 Å². The second-order valence-corrected chi connectivity index (χ2v) is 6.91. The molecular formula is C24H17FN2O6. The van der Waals surface area contributed by atoms with Crippen molar-refractivity contribution in [2.24, 2.45) is 0 Å². The summed E-state index contributed by atoms with van der Waals surface area (Å²) in [7, 11) is 0. The fraction of sp³-hybridized carbons (Fsp3) is 0.0417. The zero-order valence-corrected chi connectivity index (χ0v) is 17.0. The minimum Gasteiger partial charge on any atom is -0.505 e. The fourth-order valence-electron chi connectivity index (χ4n) is 3.00. The molecule has 0 aliphatic carbocycles. The summed E-state index contributed by atoms with van der Waals surface area (Å²) >= 11 is 0. The first-order valence-electron chi connectivity index (χ1n) is 9.72. The number of aliphatic carboxylic acids is 1. The molecule has 3 aromatic carbocycles. The van der Waals surface area contributed by atoms with Gasteiger partial charge in [0.2, 0.25) is 0 Å². The largest absolute Gasteiger partial charge is 0.505 e. The highest BCUT2D eigenvalue weighted by molar-refractivity contribution is 6.02. The predicted octanol–water partition coefficient (Wildman–Crippen LogP) is 4.48. The van der Waals surface area contributed by atoms with Crippen molar-refractivity contribution in [3.8, 4) is 28.7 Å². The second kappa shape index (κ2) is 9.23. The van der Waals surface area contributed by atoms with Crippen LogP contribution >= 0.6 is 0 Å². The summed E-state index contributed by atoms with van der Waals surface area (Å²) in [4.78, 5) is 26.7. The number of carboxylic acids is 1. The first-order valence-corrected chi connectivity index (χ1v) is 9.72. The number of halogens is 1. The fourth-order valence-corrected chi connectivity index (χ4v) is 3.00. The number of fused-ring (bicyclic) bond motifs is 1. The molecule has 0 fully saturated rings. The maximum absolute atomic E-state index is 13.0. The summed E-state index contributed by atoms with van der Waals surface area (Å²) in [5.41, 5.74) is -0.289. The number of hydrogen-bond acceptors (Lipinski definition) is 6. The number of carbonyl (C=O) groups excluding carboxylic acids is 1. The van der Waals surface area contributed by atoms with Crippen molar-refractivity contribution in [2.45, 2.75) is 0 Å². The van der Waals surface area contributed by atoms with Crippen LogP contribution in [0.5, 0.6) is 28.7 Å². The first kappa shape index (κ1) is 21.6. The van der Waals surface area contributed by atoms with E-state index in [1.165, 1.54) is 30.5 Å². The maximum Gasteiger partial charge on any atom is 0.322 e. The van der Waals surface area contributed by atoms with Gasteiger partial charge in [-0.25, -0.2) is 9.37 Å². The van der Waals surface area contributed by atoms with Crippen LogP contribution in [-0.4, -0.2) is 33.6 Å². The van der Waals surface area contributed by atoms with Gasteiger partial charge in [-0.05, 0) is 66.7 Å². The quantitative estimate of drug-likeness (QED) is 0.382. The minimum absolute atomic E-state index is 0.289. The summed E-state index contributed by atoms with van der Waals surface area (Å²) in [6, 6.07) is 17.3. The third-order valence-electron chi connectivity index (χ3n) is 4.56. The summed E-state index contributed by atoms with van der Waals surface area (Å²) in [6.45, 7) is -0.595. The highest BCUT2D eigenvalue weighted by atomic mass is 19.1. The Morgan fingerprint density at radius 2 is 1.42 bits per heavy atom. The molecule has 0 spiro atoms. The van der Waals surface area contributed by atoms with E-state index >= 15 is 0 Å². The van der Waals surface area contributed by atoms with E-state index in [1.54, 1.807) is 42.5 Å². The number of aromatic hydroxyl groups is 1. The Morgan fingerprint density at radius 1 is 0.879 bits per heavy atom. The molecule has 4 aromatic rings. The SMILES string of the molecule is O=C(O)CNC(=O)c1ncc2ccc(Oc3ccc(Oc4ccc(F)cc4)cc3)cc2c1O. The molecule has 166 valence electrons. The van der Waals surface area contributed by atoms with E-state index in [-0.39, 0.29) is 17.3 Å². The molecule has 0 radical (unpaired) electrons. The average molecular weight is 448 g/mol. The van der Waals surface area contributed by atoms with E-state index in [0.29, 0.717) is 33.8 Å². The average Bonchev–Trinajstić information content (AvgIpc) is 2.81. The zero-order chi connectivity index (χ0) is 23.4. The number of nitrogens with one attached hydrogen (secondary N) is 1. The maximum atomic E-state index is 13.0. The molecule has 0 saturated heterocycles. The zero-order valence-electron chi connectivity index (χ0n) is 17.0. The summed E-state index contributed by atoms with van der Waals surface area (Å²) < 4.78 is 24.5. The van der Waals surface area contributed by atoms with Crippen molar-refractivity contribution in [3.05, 3.63) is 84.4 Å². The molecule has 8 nitrogen and oxygen atoms in total. The number of ether oxygens (including phenoxy) is 2. The molecule has 1 heterocycles. The Kier molecular flexibility index (Phi) is 6.03. The number of benzene rings is 3. The van der Waals surface area contributed by atoms with E-state index in [1.807, 2.05) is 0 Å². The highest BCUT2D eigenvalue weighted by Gasteiger charge is 2.17. The smallest absolute Gasteiger partial charge is 0.322 e. The molecule has 0 aliphatic rings. The summed E-state index contributed by atoms with van der Waals surface area (Å²) in [5, 5.41) is 22.2. The van der Waals surface area contributed by atoms with Gasteiger partial charge < -0.3 is 25.0 Å². The van der Waals surface area contributed by atoms with E-state index in [0.717, 1.165) is 0 Å².